The van der Waals surface area contributed by atoms with Crippen LogP contribution in [-0.4, -0.2) is 37.2 Å². The molecule has 2 aromatic rings. The molecule has 0 aliphatic carbocycles. The molecular weight excluding hydrogens is 290 g/mol. The van der Waals surface area contributed by atoms with Gasteiger partial charge in [-0.05, 0) is 31.4 Å². The summed E-state index contributed by atoms with van der Waals surface area (Å²) in [7, 11) is 3.50. The first-order valence-corrected chi connectivity index (χ1v) is 8.01. The molecule has 122 valence electrons. The van der Waals surface area contributed by atoms with Gasteiger partial charge in [0.1, 0.15) is 17.4 Å². The number of methoxy groups -OCH3 is 1. The molecular formula is C17H23N5O. The number of piperidine rings is 1. The molecule has 0 radical (unpaired) electrons. The molecule has 0 unspecified atom stereocenters. The van der Waals surface area contributed by atoms with E-state index in [1.54, 1.807) is 7.11 Å². The van der Waals surface area contributed by atoms with E-state index in [1.807, 2.05) is 37.4 Å². The molecule has 1 aromatic carbocycles. The molecule has 3 rings (SSSR count). The van der Waals surface area contributed by atoms with Crippen molar-refractivity contribution in [3.05, 3.63) is 30.3 Å². The summed E-state index contributed by atoms with van der Waals surface area (Å²) in [5, 5.41) is 6.38. The Labute approximate surface area is 136 Å². The highest BCUT2D eigenvalue weighted by Crippen LogP contribution is 2.25. The Morgan fingerprint density at radius 2 is 1.91 bits per heavy atom. The zero-order chi connectivity index (χ0) is 16.1. The third-order valence-electron chi connectivity index (χ3n) is 3.96. The van der Waals surface area contributed by atoms with Crippen LogP contribution in [0, 0.1) is 0 Å². The minimum Gasteiger partial charge on any atom is -0.497 e. The van der Waals surface area contributed by atoms with Crippen LogP contribution in [0.1, 0.15) is 19.3 Å². The molecule has 1 fully saturated rings. The van der Waals surface area contributed by atoms with E-state index in [4.69, 9.17) is 4.74 Å². The third kappa shape index (κ3) is 3.83. The topological polar surface area (TPSA) is 62.3 Å². The summed E-state index contributed by atoms with van der Waals surface area (Å²) in [5.74, 6) is 3.18. The molecule has 0 amide bonds. The van der Waals surface area contributed by atoms with Gasteiger partial charge in [-0.3, -0.25) is 0 Å². The molecule has 6 heteroatoms. The van der Waals surface area contributed by atoms with Crippen LogP contribution >= 0.6 is 0 Å². The van der Waals surface area contributed by atoms with E-state index < -0.39 is 0 Å². The Morgan fingerprint density at radius 3 is 2.65 bits per heavy atom. The van der Waals surface area contributed by atoms with E-state index in [2.05, 4.69) is 25.5 Å². The Kier molecular flexibility index (Phi) is 4.80. The van der Waals surface area contributed by atoms with Gasteiger partial charge in [0.2, 0.25) is 5.95 Å². The second-order valence-electron chi connectivity index (χ2n) is 5.59. The van der Waals surface area contributed by atoms with Crippen molar-refractivity contribution in [2.24, 2.45) is 0 Å². The van der Waals surface area contributed by atoms with Crippen molar-refractivity contribution in [1.29, 1.82) is 0 Å². The molecule has 1 aliphatic rings. The van der Waals surface area contributed by atoms with Crippen LogP contribution in [0.4, 0.5) is 23.3 Å². The summed E-state index contributed by atoms with van der Waals surface area (Å²) in [6, 6.07) is 9.81. The summed E-state index contributed by atoms with van der Waals surface area (Å²) in [6.07, 6.45) is 3.74. The lowest BCUT2D eigenvalue weighted by Gasteiger charge is -2.28. The quantitative estimate of drug-likeness (QED) is 0.883. The molecule has 2 heterocycles. The summed E-state index contributed by atoms with van der Waals surface area (Å²) < 4.78 is 5.26. The number of nitrogens with one attached hydrogen (secondary N) is 2. The molecule has 2 N–H and O–H groups in total. The average Bonchev–Trinajstić information content (AvgIpc) is 2.62. The number of benzene rings is 1. The van der Waals surface area contributed by atoms with E-state index in [0.717, 1.165) is 36.2 Å². The second kappa shape index (κ2) is 7.17. The van der Waals surface area contributed by atoms with Crippen LogP contribution in [-0.2, 0) is 0 Å². The third-order valence-corrected chi connectivity index (χ3v) is 3.96. The Morgan fingerprint density at radius 1 is 1.09 bits per heavy atom. The fraction of sp³-hybridized carbons (Fsp3) is 0.412. The summed E-state index contributed by atoms with van der Waals surface area (Å²) >= 11 is 0. The molecule has 1 aliphatic heterocycles. The minimum absolute atomic E-state index is 0.624. The van der Waals surface area contributed by atoms with E-state index in [-0.39, 0.29) is 0 Å². The Bertz CT molecular complexity index is 655. The zero-order valence-electron chi connectivity index (χ0n) is 13.7. The first kappa shape index (κ1) is 15.4. The number of hydrogen-bond donors (Lipinski definition) is 2. The average molecular weight is 313 g/mol. The van der Waals surface area contributed by atoms with Gasteiger partial charge in [-0.15, -0.1) is 0 Å². The summed E-state index contributed by atoms with van der Waals surface area (Å²) in [6.45, 7) is 2.11. The molecule has 0 spiro atoms. The molecule has 1 aromatic heterocycles. The molecule has 0 atom stereocenters. The van der Waals surface area contributed by atoms with Crippen LogP contribution in [0.15, 0.2) is 30.3 Å². The van der Waals surface area contributed by atoms with Gasteiger partial charge in [0.25, 0.3) is 0 Å². The van der Waals surface area contributed by atoms with Gasteiger partial charge in [0.05, 0.1) is 7.11 Å². The maximum Gasteiger partial charge on any atom is 0.226 e. The Hall–Kier alpha value is -2.50. The predicted molar refractivity (Wildman–Crippen MR) is 93.9 cm³/mol. The fourth-order valence-corrected chi connectivity index (χ4v) is 2.74. The van der Waals surface area contributed by atoms with Crippen molar-refractivity contribution in [3.63, 3.8) is 0 Å². The SMILES string of the molecule is CNc1nc(Nc2cccc(OC)c2)cc(N2CCCCC2)n1. The van der Waals surface area contributed by atoms with Crippen LogP contribution < -0.4 is 20.3 Å². The van der Waals surface area contributed by atoms with Crippen molar-refractivity contribution in [2.75, 3.05) is 42.8 Å². The van der Waals surface area contributed by atoms with Crippen molar-refractivity contribution in [3.8, 4) is 5.75 Å². The summed E-state index contributed by atoms with van der Waals surface area (Å²) in [4.78, 5) is 11.4. The maximum atomic E-state index is 5.26. The Balaban J connectivity index is 1.85. The summed E-state index contributed by atoms with van der Waals surface area (Å²) in [5.41, 5.74) is 0.940. The van der Waals surface area contributed by atoms with Crippen LogP contribution in [0.3, 0.4) is 0 Å². The number of ether oxygens (including phenoxy) is 1. The fourth-order valence-electron chi connectivity index (χ4n) is 2.74. The van der Waals surface area contributed by atoms with Gasteiger partial charge in [-0.25, -0.2) is 0 Å². The number of nitrogens with zero attached hydrogens (tertiary/aromatic N) is 3. The van der Waals surface area contributed by atoms with E-state index in [0.29, 0.717) is 5.95 Å². The minimum atomic E-state index is 0.624. The van der Waals surface area contributed by atoms with E-state index in [9.17, 15) is 0 Å². The van der Waals surface area contributed by atoms with Crippen LogP contribution in [0.5, 0.6) is 5.75 Å². The van der Waals surface area contributed by atoms with Gasteiger partial charge in [0.15, 0.2) is 0 Å². The monoisotopic (exact) mass is 313 g/mol. The molecule has 6 nitrogen and oxygen atoms in total. The standard InChI is InChI=1S/C17H23N5O/c1-18-17-20-15(19-13-7-6-8-14(11-13)23-2)12-16(21-17)22-9-4-3-5-10-22/h6-8,11-12H,3-5,9-10H2,1-2H3,(H2,18,19,20,21). The second-order valence-corrected chi connectivity index (χ2v) is 5.59. The normalized spacial score (nSPS) is 14.4. The van der Waals surface area contributed by atoms with Crippen molar-refractivity contribution >= 4 is 23.3 Å². The first-order chi connectivity index (χ1) is 11.3. The van der Waals surface area contributed by atoms with E-state index in [1.165, 1.54) is 19.3 Å². The first-order valence-electron chi connectivity index (χ1n) is 8.01. The van der Waals surface area contributed by atoms with Gasteiger partial charge in [0, 0.05) is 38.0 Å². The highest BCUT2D eigenvalue weighted by Gasteiger charge is 2.14. The lowest BCUT2D eigenvalue weighted by Crippen LogP contribution is -2.30. The highest BCUT2D eigenvalue weighted by atomic mass is 16.5. The lowest BCUT2D eigenvalue weighted by atomic mass is 10.1. The number of rotatable bonds is 5. The molecule has 1 saturated heterocycles. The number of anilines is 4. The molecule has 0 bridgehead atoms. The van der Waals surface area contributed by atoms with Gasteiger partial charge < -0.3 is 20.3 Å². The van der Waals surface area contributed by atoms with Crippen LogP contribution in [0.2, 0.25) is 0 Å². The van der Waals surface area contributed by atoms with Crippen LogP contribution in [0.25, 0.3) is 0 Å². The molecule has 0 saturated carbocycles. The van der Waals surface area contributed by atoms with Crippen molar-refractivity contribution in [1.82, 2.24) is 9.97 Å². The van der Waals surface area contributed by atoms with E-state index >= 15 is 0 Å². The zero-order valence-corrected chi connectivity index (χ0v) is 13.7. The number of aromatic nitrogens is 2. The largest absolute Gasteiger partial charge is 0.497 e. The predicted octanol–water partition coefficient (Wildman–Crippen LogP) is 3.26. The van der Waals surface area contributed by atoms with Crippen molar-refractivity contribution < 1.29 is 4.74 Å². The van der Waals surface area contributed by atoms with Gasteiger partial charge in [-0.2, -0.15) is 9.97 Å². The van der Waals surface area contributed by atoms with Gasteiger partial charge in [-0.1, -0.05) is 6.07 Å². The highest BCUT2D eigenvalue weighted by molar-refractivity contribution is 5.62. The smallest absolute Gasteiger partial charge is 0.226 e. The van der Waals surface area contributed by atoms with Gasteiger partial charge >= 0.3 is 0 Å². The maximum absolute atomic E-state index is 5.26. The molecule has 23 heavy (non-hydrogen) atoms. The lowest BCUT2D eigenvalue weighted by molar-refractivity contribution is 0.415. The number of hydrogen-bond acceptors (Lipinski definition) is 6. The van der Waals surface area contributed by atoms with Crippen molar-refractivity contribution in [2.45, 2.75) is 19.3 Å².